The SMILES string of the molecule is C=NO/C(=C\Cc1ccccc1Cl)NC(=O)c1ccc(OC(F)(F)F)cc1. The Morgan fingerprint density at radius 1 is 1.19 bits per heavy atom. The molecule has 0 saturated heterocycles. The van der Waals surface area contributed by atoms with Crippen molar-refractivity contribution >= 4 is 24.2 Å². The van der Waals surface area contributed by atoms with Crippen LogP contribution in [-0.4, -0.2) is 19.0 Å². The number of carbonyl (C=O) groups excluding carboxylic acids is 1. The molecule has 9 heteroatoms. The predicted octanol–water partition coefficient (Wildman–Crippen LogP) is 4.68. The first kappa shape index (κ1) is 20.3. The molecule has 0 radical (unpaired) electrons. The van der Waals surface area contributed by atoms with E-state index in [0.29, 0.717) is 11.4 Å². The summed E-state index contributed by atoms with van der Waals surface area (Å²) in [6.07, 6.45) is -2.92. The molecule has 0 aromatic heterocycles. The predicted molar refractivity (Wildman–Crippen MR) is 94.5 cm³/mol. The number of ether oxygens (including phenoxy) is 1. The zero-order valence-corrected chi connectivity index (χ0v) is 14.6. The minimum absolute atomic E-state index is 0.00513. The summed E-state index contributed by atoms with van der Waals surface area (Å²) in [7, 11) is 0. The van der Waals surface area contributed by atoms with Gasteiger partial charge in [0, 0.05) is 17.3 Å². The summed E-state index contributed by atoms with van der Waals surface area (Å²) >= 11 is 6.06. The van der Waals surface area contributed by atoms with E-state index in [2.05, 4.69) is 21.9 Å². The Balaban J connectivity index is 2.07. The van der Waals surface area contributed by atoms with Crippen LogP contribution < -0.4 is 10.1 Å². The first-order valence-corrected chi connectivity index (χ1v) is 7.90. The summed E-state index contributed by atoms with van der Waals surface area (Å²) in [5.74, 6) is -1.04. The van der Waals surface area contributed by atoms with Crippen LogP contribution >= 0.6 is 11.6 Å². The van der Waals surface area contributed by atoms with Crippen LogP contribution in [0.25, 0.3) is 0 Å². The first-order valence-electron chi connectivity index (χ1n) is 7.52. The van der Waals surface area contributed by atoms with Crippen molar-refractivity contribution in [2.24, 2.45) is 5.16 Å². The van der Waals surface area contributed by atoms with Gasteiger partial charge in [0.2, 0.25) is 5.88 Å². The van der Waals surface area contributed by atoms with E-state index in [1.807, 2.05) is 6.07 Å². The maximum absolute atomic E-state index is 12.2. The lowest BCUT2D eigenvalue weighted by Gasteiger charge is -2.10. The number of alkyl halides is 3. The van der Waals surface area contributed by atoms with Gasteiger partial charge >= 0.3 is 6.36 Å². The molecule has 0 heterocycles. The molecule has 2 rings (SSSR count). The van der Waals surface area contributed by atoms with Gasteiger partial charge in [-0.3, -0.25) is 10.1 Å². The van der Waals surface area contributed by atoms with Crippen molar-refractivity contribution in [3.8, 4) is 5.75 Å². The van der Waals surface area contributed by atoms with Crippen LogP contribution in [0.15, 0.2) is 65.6 Å². The molecule has 27 heavy (non-hydrogen) atoms. The van der Waals surface area contributed by atoms with Crippen molar-refractivity contribution in [3.63, 3.8) is 0 Å². The van der Waals surface area contributed by atoms with E-state index in [1.165, 1.54) is 18.2 Å². The Labute approximate surface area is 158 Å². The number of rotatable bonds is 7. The summed E-state index contributed by atoms with van der Waals surface area (Å²) in [5.41, 5.74) is 0.896. The molecule has 2 aromatic carbocycles. The van der Waals surface area contributed by atoms with Crippen LogP contribution in [0, 0.1) is 0 Å². The Hall–Kier alpha value is -3.00. The maximum Gasteiger partial charge on any atom is 0.573 e. The third kappa shape index (κ3) is 6.67. The number of benzene rings is 2. The van der Waals surface area contributed by atoms with Crippen molar-refractivity contribution in [2.45, 2.75) is 12.8 Å². The molecule has 0 aliphatic carbocycles. The third-order valence-corrected chi connectivity index (χ3v) is 3.58. The number of hydrogen-bond acceptors (Lipinski definition) is 4. The summed E-state index contributed by atoms with van der Waals surface area (Å²) in [6, 6.07) is 11.5. The average Bonchev–Trinajstić information content (AvgIpc) is 2.60. The molecule has 0 atom stereocenters. The normalized spacial score (nSPS) is 11.6. The number of nitrogens with one attached hydrogen (secondary N) is 1. The van der Waals surface area contributed by atoms with Crippen molar-refractivity contribution in [1.29, 1.82) is 0 Å². The van der Waals surface area contributed by atoms with Gasteiger partial charge in [-0.25, -0.2) is 0 Å². The number of amides is 1. The maximum atomic E-state index is 12.2. The lowest BCUT2D eigenvalue weighted by Crippen LogP contribution is -2.24. The highest BCUT2D eigenvalue weighted by Gasteiger charge is 2.31. The highest BCUT2D eigenvalue weighted by atomic mass is 35.5. The van der Waals surface area contributed by atoms with Gasteiger partial charge in [0.05, 0.1) is 0 Å². The Morgan fingerprint density at radius 2 is 1.85 bits per heavy atom. The van der Waals surface area contributed by atoms with Gasteiger partial charge < -0.3 is 9.57 Å². The van der Waals surface area contributed by atoms with E-state index in [1.54, 1.807) is 18.2 Å². The molecular weight excluding hydrogens is 385 g/mol. The summed E-state index contributed by atoms with van der Waals surface area (Å²) in [6.45, 7) is 3.19. The van der Waals surface area contributed by atoms with Crippen LogP contribution in [0.5, 0.6) is 5.75 Å². The van der Waals surface area contributed by atoms with E-state index >= 15 is 0 Å². The van der Waals surface area contributed by atoms with Crippen molar-refractivity contribution in [1.82, 2.24) is 5.32 Å². The molecule has 0 unspecified atom stereocenters. The largest absolute Gasteiger partial charge is 0.573 e. The smallest absolute Gasteiger partial charge is 0.406 e. The molecule has 0 bridgehead atoms. The number of oxime groups is 1. The van der Waals surface area contributed by atoms with Crippen molar-refractivity contribution in [2.75, 3.05) is 0 Å². The molecule has 1 amide bonds. The van der Waals surface area contributed by atoms with Crippen molar-refractivity contribution in [3.05, 3.63) is 76.6 Å². The fraction of sp³-hybridized carbons (Fsp3) is 0.111. The monoisotopic (exact) mass is 398 g/mol. The number of carbonyl (C=O) groups is 1. The fourth-order valence-electron chi connectivity index (χ4n) is 2.04. The second-order valence-corrected chi connectivity index (χ2v) is 5.52. The Kier molecular flexibility index (Phi) is 6.84. The summed E-state index contributed by atoms with van der Waals surface area (Å²) in [5, 5.41) is 6.26. The molecule has 0 saturated carbocycles. The Morgan fingerprint density at radius 3 is 2.44 bits per heavy atom. The highest BCUT2D eigenvalue weighted by molar-refractivity contribution is 6.31. The lowest BCUT2D eigenvalue weighted by molar-refractivity contribution is -0.274. The zero-order chi connectivity index (χ0) is 19.9. The molecule has 1 N–H and O–H groups in total. The number of hydrogen-bond donors (Lipinski definition) is 1. The van der Waals surface area contributed by atoms with Crippen LogP contribution in [-0.2, 0) is 11.3 Å². The number of halogens is 4. The first-order chi connectivity index (χ1) is 12.8. The van der Waals surface area contributed by atoms with Gasteiger partial charge in [0.15, 0.2) is 0 Å². The van der Waals surface area contributed by atoms with E-state index < -0.39 is 18.0 Å². The van der Waals surface area contributed by atoms with Crippen molar-refractivity contribution < 1.29 is 27.5 Å². The molecule has 142 valence electrons. The van der Waals surface area contributed by atoms with Crippen LogP contribution in [0.2, 0.25) is 5.02 Å². The molecule has 0 spiro atoms. The van der Waals surface area contributed by atoms with Gasteiger partial charge in [-0.15, -0.1) is 13.2 Å². The zero-order valence-electron chi connectivity index (χ0n) is 13.8. The van der Waals surface area contributed by atoms with Crippen LogP contribution in [0.4, 0.5) is 13.2 Å². The minimum atomic E-state index is -4.80. The van der Waals surface area contributed by atoms with Gasteiger partial charge in [0.1, 0.15) is 5.75 Å². The Bertz CT molecular complexity index is 836. The molecule has 0 aliphatic heterocycles. The van der Waals surface area contributed by atoms with Gasteiger partial charge in [-0.1, -0.05) is 35.0 Å². The van der Waals surface area contributed by atoms with Gasteiger partial charge in [-0.2, -0.15) is 0 Å². The lowest BCUT2D eigenvalue weighted by atomic mass is 10.1. The molecule has 0 fully saturated rings. The van der Waals surface area contributed by atoms with E-state index in [-0.39, 0.29) is 11.4 Å². The second-order valence-electron chi connectivity index (χ2n) is 5.11. The van der Waals surface area contributed by atoms with E-state index in [9.17, 15) is 18.0 Å². The van der Waals surface area contributed by atoms with E-state index in [4.69, 9.17) is 16.4 Å². The van der Waals surface area contributed by atoms with Crippen LogP contribution in [0.1, 0.15) is 15.9 Å². The summed E-state index contributed by atoms with van der Waals surface area (Å²) in [4.78, 5) is 17.1. The average molecular weight is 399 g/mol. The molecular formula is C18H14ClF3N2O3. The molecule has 0 aliphatic rings. The third-order valence-electron chi connectivity index (χ3n) is 3.21. The topological polar surface area (TPSA) is 59.9 Å². The van der Waals surface area contributed by atoms with E-state index in [0.717, 1.165) is 17.7 Å². The quantitative estimate of drug-likeness (QED) is 0.418. The minimum Gasteiger partial charge on any atom is -0.406 e. The highest BCUT2D eigenvalue weighted by Crippen LogP contribution is 2.23. The van der Waals surface area contributed by atoms with Gasteiger partial charge in [-0.05, 0) is 48.4 Å². The second kappa shape index (κ2) is 9.09. The molecule has 5 nitrogen and oxygen atoms in total. The summed E-state index contributed by atoms with van der Waals surface area (Å²) < 4.78 is 40.2. The standard InChI is InChI=1S/C18H14ClF3N2O3/c1-23-27-16(11-8-12-4-2-3-5-15(12)19)24-17(25)13-6-9-14(10-7-13)26-18(20,21)22/h2-7,9-11H,1,8H2,(H,24,25)/b16-11-. The number of allylic oxidation sites excluding steroid dienone is 1. The molecule has 2 aromatic rings. The van der Waals surface area contributed by atoms with Crippen LogP contribution in [0.3, 0.4) is 0 Å². The van der Waals surface area contributed by atoms with Gasteiger partial charge in [0.25, 0.3) is 5.91 Å². The number of nitrogens with zero attached hydrogens (tertiary/aromatic N) is 1. The fourth-order valence-corrected chi connectivity index (χ4v) is 2.25.